The summed E-state index contributed by atoms with van der Waals surface area (Å²) in [6.45, 7) is 3.27. The molecule has 1 aromatic heterocycles. The second-order valence-corrected chi connectivity index (χ2v) is 4.22. The standard InChI is InChI=1S/C10H14F3N5/c1-6-7(5-16-18-6)4-15-9-14-3-2-8(17-9)10(11,12)13/h2-3,6-7,16,18H,4-5H2,1H3,(H,14,15,17). The van der Waals surface area contributed by atoms with E-state index in [-0.39, 0.29) is 17.9 Å². The van der Waals surface area contributed by atoms with E-state index in [9.17, 15) is 13.2 Å². The van der Waals surface area contributed by atoms with E-state index in [1.807, 2.05) is 6.92 Å². The Labute approximate surface area is 102 Å². The molecule has 1 aromatic rings. The summed E-state index contributed by atoms with van der Waals surface area (Å²) in [4.78, 5) is 7.22. The largest absolute Gasteiger partial charge is 0.433 e. The number of anilines is 1. The minimum atomic E-state index is -4.44. The Bertz CT molecular complexity index is 409. The molecule has 0 bridgehead atoms. The van der Waals surface area contributed by atoms with E-state index in [1.54, 1.807) is 0 Å². The smallest absolute Gasteiger partial charge is 0.354 e. The van der Waals surface area contributed by atoms with E-state index in [0.29, 0.717) is 6.54 Å². The molecular weight excluding hydrogens is 247 g/mol. The van der Waals surface area contributed by atoms with E-state index in [1.165, 1.54) is 0 Å². The highest BCUT2D eigenvalue weighted by Crippen LogP contribution is 2.27. The summed E-state index contributed by atoms with van der Waals surface area (Å²) in [7, 11) is 0. The summed E-state index contributed by atoms with van der Waals surface area (Å²) in [5.41, 5.74) is 5.08. The van der Waals surface area contributed by atoms with Crippen molar-refractivity contribution in [3.63, 3.8) is 0 Å². The monoisotopic (exact) mass is 261 g/mol. The molecule has 5 nitrogen and oxygen atoms in total. The van der Waals surface area contributed by atoms with Gasteiger partial charge in [0.25, 0.3) is 0 Å². The fourth-order valence-corrected chi connectivity index (χ4v) is 1.72. The van der Waals surface area contributed by atoms with Crippen LogP contribution < -0.4 is 16.2 Å². The van der Waals surface area contributed by atoms with Gasteiger partial charge in [0.2, 0.25) is 5.95 Å². The van der Waals surface area contributed by atoms with Crippen molar-refractivity contribution in [3.05, 3.63) is 18.0 Å². The van der Waals surface area contributed by atoms with E-state index in [0.717, 1.165) is 18.8 Å². The number of alkyl halides is 3. The van der Waals surface area contributed by atoms with Crippen molar-refractivity contribution in [2.24, 2.45) is 5.92 Å². The van der Waals surface area contributed by atoms with Crippen molar-refractivity contribution < 1.29 is 13.2 Å². The lowest BCUT2D eigenvalue weighted by Crippen LogP contribution is -2.30. The molecule has 0 radical (unpaired) electrons. The van der Waals surface area contributed by atoms with Crippen LogP contribution in [-0.4, -0.2) is 29.1 Å². The third-order valence-corrected chi connectivity index (χ3v) is 2.87. The van der Waals surface area contributed by atoms with Gasteiger partial charge in [-0.2, -0.15) is 13.2 Å². The van der Waals surface area contributed by atoms with Crippen molar-refractivity contribution in [1.82, 2.24) is 20.8 Å². The minimum Gasteiger partial charge on any atom is -0.354 e. The van der Waals surface area contributed by atoms with Crippen LogP contribution in [0, 0.1) is 5.92 Å². The maximum absolute atomic E-state index is 12.4. The SMILES string of the molecule is CC1NNCC1CNc1nccc(C(F)(F)F)n1. The summed E-state index contributed by atoms with van der Waals surface area (Å²) < 4.78 is 37.3. The summed E-state index contributed by atoms with van der Waals surface area (Å²) in [6.07, 6.45) is -3.34. The maximum atomic E-state index is 12.4. The second kappa shape index (κ2) is 5.07. The number of halogens is 3. The molecule has 1 fully saturated rings. The minimum absolute atomic E-state index is 0.00363. The van der Waals surface area contributed by atoms with Crippen molar-refractivity contribution in [2.45, 2.75) is 19.1 Å². The molecule has 3 N–H and O–H groups in total. The Morgan fingerprint density at radius 3 is 2.89 bits per heavy atom. The molecule has 2 atom stereocenters. The lowest BCUT2D eigenvalue weighted by Gasteiger charge is -2.14. The van der Waals surface area contributed by atoms with Crippen molar-refractivity contribution in [3.8, 4) is 0 Å². The Kier molecular flexibility index (Phi) is 3.67. The van der Waals surface area contributed by atoms with Gasteiger partial charge in [-0.15, -0.1) is 0 Å². The third-order valence-electron chi connectivity index (χ3n) is 2.87. The van der Waals surface area contributed by atoms with Crippen LogP contribution in [0.15, 0.2) is 12.3 Å². The van der Waals surface area contributed by atoms with Crippen LogP contribution in [0.5, 0.6) is 0 Å². The van der Waals surface area contributed by atoms with Gasteiger partial charge in [-0.05, 0) is 13.0 Å². The lowest BCUT2D eigenvalue weighted by molar-refractivity contribution is -0.141. The van der Waals surface area contributed by atoms with Crippen LogP contribution >= 0.6 is 0 Å². The van der Waals surface area contributed by atoms with Crippen LogP contribution in [0.4, 0.5) is 19.1 Å². The van der Waals surface area contributed by atoms with Crippen LogP contribution in [0.2, 0.25) is 0 Å². The molecule has 0 saturated carbocycles. The zero-order valence-corrected chi connectivity index (χ0v) is 9.75. The Morgan fingerprint density at radius 1 is 1.50 bits per heavy atom. The third kappa shape index (κ3) is 3.08. The van der Waals surface area contributed by atoms with E-state index in [2.05, 4.69) is 26.1 Å². The highest BCUT2D eigenvalue weighted by molar-refractivity contribution is 5.26. The van der Waals surface area contributed by atoms with Crippen LogP contribution in [0.1, 0.15) is 12.6 Å². The quantitative estimate of drug-likeness (QED) is 0.758. The number of rotatable bonds is 3. The second-order valence-electron chi connectivity index (χ2n) is 4.22. The molecule has 2 rings (SSSR count). The van der Waals surface area contributed by atoms with Crippen molar-refractivity contribution >= 4 is 5.95 Å². The van der Waals surface area contributed by atoms with Gasteiger partial charge >= 0.3 is 6.18 Å². The Hall–Kier alpha value is -1.41. The molecule has 1 aliphatic rings. The average molecular weight is 261 g/mol. The summed E-state index contributed by atoms with van der Waals surface area (Å²) in [5, 5.41) is 2.83. The summed E-state index contributed by atoms with van der Waals surface area (Å²) in [6, 6.07) is 1.11. The fourth-order valence-electron chi connectivity index (χ4n) is 1.72. The van der Waals surface area contributed by atoms with Gasteiger partial charge in [-0.1, -0.05) is 0 Å². The molecule has 18 heavy (non-hydrogen) atoms. The predicted molar refractivity (Wildman–Crippen MR) is 59.6 cm³/mol. The highest BCUT2D eigenvalue weighted by atomic mass is 19.4. The van der Waals surface area contributed by atoms with Gasteiger partial charge in [0.05, 0.1) is 0 Å². The summed E-state index contributed by atoms with van der Waals surface area (Å²) >= 11 is 0. The number of aromatic nitrogens is 2. The van der Waals surface area contributed by atoms with Gasteiger partial charge < -0.3 is 5.32 Å². The molecule has 0 aliphatic carbocycles. The topological polar surface area (TPSA) is 61.9 Å². The molecule has 1 aliphatic heterocycles. The number of nitrogens with zero attached hydrogens (tertiary/aromatic N) is 2. The van der Waals surface area contributed by atoms with E-state index in [4.69, 9.17) is 0 Å². The zero-order valence-electron chi connectivity index (χ0n) is 9.75. The van der Waals surface area contributed by atoms with Gasteiger partial charge in [0, 0.05) is 31.2 Å². The molecule has 2 unspecified atom stereocenters. The molecule has 1 saturated heterocycles. The van der Waals surface area contributed by atoms with Gasteiger partial charge in [-0.25, -0.2) is 9.97 Å². The predicted octanol–water partition coefficient (Wildman–Crippen LogP) is 1.02. The van der Waals surface area contributed by atoms with E-state index >= 15 is 0 Å². The molecular formula is C10H14F3N5. The van der Waals surface area contributed by atoms with Crippen molar-refractivity contribution in [2.75, 3.05) is 18.4 Å². The van der Waals surface area contributed by atoms with Gasteiger partial charge in [0.1, 0.15) is 5.69 Å². The Morgan fingerprint density at radius 2 is 2.28 bits per heavy atom. The highest BCUT2D eigenvalue weighted by Gasteiger charge is 2.32. The normalized spacial score (nSPS) is 24.2. The van der Waals surface area contributed by atoms with Crippen LogP contribution in [0.3, 0.4) is 0 Å². The van der Waals surface area contributed by atoms with Crippen LogP contribution in [-0.2, 0) is 6.18 Å². The lowest BCUT2D eigenvalue weighted by atomic mass is 10.0. The van der Waals surface area contributed by atoms with Crippen LogP contribution in [0.25, 0.3) is 0 Å². The molecule has 0 amide bonds. The fraction of sp³-hybridized carbons (Fsp3) is 0.600. The van der Waals surface area contributed by atoms with E-state index < -0.39 is 11.9 Å². The summed E-state index contributed by atoms with van der Waals surface area (Å²) in [5.74, 6) is 0.284. The average Bonchev–Trinajstić information content (AvgIpc) is 2.72. The first-order valence-corrected chi connectivity index (χ1v) is 5.59. The first-order chi connectivity index (χ1) is 8.47. The van der Waals surface area contributed by atoms with Gasteiger partial charge in [-0.3, -0.25) is 10.9 Å². The Balaban J connectivity index is 1.97. The molecule has 8 heteroatoms. The first kappa shape index (κ1) is 13.0. The molecule has 0 aromatic carbocycles. The maximum Gasteiger partial charge on any atom is 0.433 e. The molecule has 0 spiro atoms. The van der Waals surface area contributed by atoms with Gasteiger partial charge in [0.15, 0.2) is 0 Å². The number of hydrogen-bond donors (Lipinski definition) is 3. The number of hydrogen-bond acceptors (Lipinski definition) is 5. The van der Waals surface area contributed by atoms with Crippen molar-refractivity contribution in [1.29, 1.82) is 0 Å². The number of hydrazine groups is 1. The zero-order chi connectivity index (χ0) is 13.2. The number of nitrogens with one attached hydrogen (secondary N) is 3. The molecule has 2 heterocycles. The first-order valence-electron chi connectivity index (χ1n) is 5.59. The molecule has 100 valence electrons.